The summed E-state index contributed by atoms with van der Waals surface area (Å²) in [5, 5.41) is 5.98. The SMILES string of the molecule is CC[C@H](C)[C@@H]([C@@H](CC(=O)N1CCC[C@H]1[C@H](OC)[C@@H](C)C(=O)N[C@@H](Cc1ccccc1)c1nccs1)OC)N(C)C(=O)[C@@H](CC(=O)[C@H](C(C)C)N(C)CCN1CCN(C(=O)OC(C)(C)C)CC1)C(C)C. The van der Waals surface area contributed by atoms with E-state index in [9.17, 15) is 24.0 Å². The predicted molar refractivity (Wildman–Crippen MR) is 273 cm³/mol. The van der Waals surface area contributed by atoms with Gasteiger partial charge in [0.15, 0.2) is 5.78 Å². The van der Waals surface area contributed by atoms with Crippen molar-refractivity contribution in [2.45, 2.75) is 150 Å². The van der Waals surface area contributed by atoms with Crippen molar-refractivity contribution in [3.05, 3.63) is 52.5 Å². The first-order valence-electron chi connectivity index (χ1n) is 25.4. The molecular formula is C53H87N7O8S. The van der Waals surface area contributed by atoms with Gasteiger partial charge in [0.1, 0.15) is 10.6 Å². The molecule has 4 amide bonds. The van der Waals surface area contributed by atoms with Crippen LogP contribution >= 0.6 is 11.3 Å². The molecule has 388 valence electrons. The van der Waals surface area contributed by atoms with E-state index in [-0.39, 0.29) is 78.3 Å². The van der Waals surface area contributed by atoms with Crippen molar-refractivity contribution in [1.29, 1.82) is 0 Å². The molecule has 0 spiro atoms. The summed E-state index contributed by atoms with van der Waals surface area (Å²) in [7, 11) is 6.98. The third kappa shape index (κ3) is 16.3. The number of rotatable bonds is 25. The van der Waals surface area contributed by atoms with Crippen molar-refractivity contribution in [2.24, 2.45) is 29.6 Å². The van der Waals surface area contributed by atoms with E-state index in [1.165, 1.54) is 11.3 Å². The summed E-state index contributed by atoms with van der Waals surface area (Å²) in [6.45, 7) is 24.3. The van der Waals surface area contributed by atoms with Crippen LogP contribution in [0, 0.1) is 29.6 Å². The molecule has 0 radical (unpaired) electrons. The average Bonchev–Trinajstić information content (AvgIpc) is 4.03. The Hall–Kier alpha value is -3.96. The lowest BCUT2D eigenvalue weighted by Gasteiger charge is -2.41. The van der Waals surface area contributed by atoms with E-state index in [2.05, 4.69) is 47.8 Å². The maximum Gasteiger partial charge on any atom is 0.410 e. The number of ketones is 1. The second-order valence-corrected chi connectivity index (χ2v) is 22.1. The summed E-state index contributed by atoms with van der Waals surface area (Å²) >= 11 is 1.51. The summed E-state index contributed by atoms with van der Waals surface area (Å²) in [5.41, 5.74) is 0.547. The van der Waals surface area contributed by atoms with Crippen LogP contribution in [-0.2, 0) is 39.8 Å². The van der Waals surface area contributed by atoms with Gasteiger partial charge in [-0.05, 0) is 70.4 Å². The lowest BCUT2D eigenvalue weighted by molar-refractivity contribution is -0.149. The number of carbonyl (C=O) groups excluding carboxylic acids is 5. The number of thiazole rings is 1. The number of likely N-dealkylation sites (N-methyl/N-ethyl adjacent to an activating group) is 2. The van der Waals surface area contributed by atoms with Crippen LogP contribution in [0.1, 0.15) is 118 Å². The fourth-order valence-corrected chi connectivity index (χ4v) is 11.0. The highest BCUT2D eigenvalue weighted by atomic mass is 32.1. The van der Waals surface area contributed by atoms with Gasteiger partial charge in [0.2, 0.25) is 17.7 Å². The molecule has 1 N–H and O–H groups in total. The Bertz CT molecular complexity index is 1900. The molecule has 2 fully saturated rings. The zero-order valence-electron chi connectivity index (χ0n) is 44.4. The molecule has 0 aliphatic carbocycles. The minimum atomic E-state index is -0.620. The number of aromatic nitrogens is 1. The molecule has 69 heavy (non-hydrogen) atoms. The average molecular weight is 982 g/mol. The summed E-state index contributed by atoms with van der Waals surface area (Å²) < 4.78 is 17.8. The molecule has 2 aliphatic rings. The van der Waals surface area contributed by atoms with Crippen molar-refractivity contribution in [3.8, 4) is 0 Å². The molecule has 0 unspecified atom stereocenters. The van der Waals surface area contributed by atoms with E-state index in [4.69, 9.17) is 14.2 Å². The first-order chi connectivity index (χ1) is 32.6. The van der Waals surface area contributed by atoms with Crippen LogP contribution in [0.15, 0.2) is 41.9 Å². The van der Waals surface area contributed by atoms with Crippen LogP contribution in [0.25, 0.3) is 0 Å². The lowest BCUT2D eigenvalue weighted by atomic mass is 9.83. The van der Waals surface area contributed by atoms with Gasteiger partial charge in [0.05, 0.1) is 48.7 Å². The minimum absolute atomic E-state index is 0.0211. The number of methoxy groups -OCH3 is 2. The predicted octanol–water partition coefficient (Wildman–Crippen LogP) is 7.20. The summed E-state index contributed by atoms with van der Waals surface area (Å²) in [6.07, 6.45) is 3.23. The standard InChI is InChI=1S/C53H87N7O8S/c1-15-37(6)47(57(12)51(64)40(35(2)3)33-43(61)46(36(4)5)56(11)25-26-58-27-29-59(30-28-58)52(65)68-53(8,9)10)44(66-13)34-45(62)60-24-19-22-42(60)48(67-14)38(7)49(63)55-41(50-54-23-31-69-50)32-39-20-17-16-18-21-39/h16-18,20-21,23,31,35-38,40-42,44,46-48H,15,19,22,24-30,32-34H2,1-14H3,(H,55,63)/t37-,38+,40-,41-,42-,44+,46-,47-,48+/m0/s1. The molecule has 2 saturated heterocycles. The molecule has 15 nitrogen and oxygen atoms in total. The van der Waals surface area contributed by atoms with Crippen LogP contribution < -0.4 is 5.32 Å². The number of likely N-dealkylation sites (tertiary alicyclic amines) is 1. The van der Waals surface area contributed by atoms with Crippen LogP contribution in [0.3, 0.4) is 0 Å². The fraction of sp³-hybridized carbons (Fsp3) is 0.736. The van der Waals surface area contributed by atoms with E-state index in [0.717, 1.165) is 43.0 Å². The molecule has 16 heteroatoms. The second kappa shape index (κ2) is 27.0. The Morgan fingerprint density at radius 1 is 0.899 bits per heavy atom. The van der Waals surface area contributed by atoms with Crippen molar-refractivity contribution >= 4 is 40.9 Å². The highest BCUT2D eigenvalue weighted by molar-refractivity contribution is 7.09. The zero-order valence-corrected chi connectivity index (χ0v) is 45.3. The number of nitrogens with one attached hydrogen (secondary N) is 1. The maximum atomic E-state index is 14.8. The molecule has 0 saturated carbocycles. The second-order valence-electron chi connectivity index (χ2n) is 21.2. The fourth-order valence-electron chi connectivity index (χ4n) is 10.3. The summed E-state index contributed by atoms with van der Waals surface area (Å²) in [4.78, 5) is 84.6. The summed E-state index contributed by atoms with van der Waals surface area (Å²) in [5.74, 6) is -1.63. The van der Waals surface area contributed by atoms with Gasteiger partial charge in [-0.15, -0.1) is 11.3 Å². The molecule has 0 bridgehead atoms. The van der Waals surface area contributed by atoms with E-state index < -0.39 is 35.7 Å². The number of nitrogens with zero attached hydrogens (tertiary/aromatic N) is 6. The smallest absolute Gasteiger partial charge is 0.410 e. The van der Waals surface area contributed by atoms with Gasteiger partial charge in [-0.25, -0.2) is 9.78 Å². The first-order valence-corrected chi connectivity index (χ1v) is 26.3. The van der Waals surface area contributed by atoms with E-state index in [1.54, 1.807) is 37.3 Å². The molecule has 1 aromatic heterocycles. The number of hydrogen-bond acceptors (Lipinski definition) is 12. The van der Waals surface area contributed by atoms with Gasteiger partial charge in [0, 0.05) is 91.0 Å². The number of hydrogen-bond donors (Lipinski definition) is 1. The molecule has 2 aromatic rings. The van der Waals surface area contributed by atoms with Crippen LogP contribution in [0.4, 0.5) is 4.79 Å². The minimum Gasteiger partial charge on any atom is -0.444 e. The molecule has 9 atom stereocenters. The van der Waals surface area contributed by atoms with Gasteiger partial charge in [0.25, 0.3) is 0 Å². The summed E-state index contributed by atoms with van der Waals surface area (Å²) in [6, 6.07) is 8.56. The number of ether oxygens (including phenoxy) is 3. The normalized spacial score (nSPS) is 19.5. The largest absolute Gasteiger partial charge is 0.444 e. The third-order valence-corrected chi connectivity index (χ3v) is 15.3. The van der Waals surface area contributed by atoms with Gasteiger partial charge >= 0.3 is 6.09 Å². The van der Waals surface area contributed by atoms with Gasteiger partial charge in [-0.3, -0.25) is 29.0 Å². The zero-order chi connectivity index (χ0) is 51.2. The Morgan fingerprint density at radius 3 is 2.12 bits per heavy atom. The molecule has 4 rings (SSSR count). The van der Waals surface area contributed by atoms with E-state index in [0.29, 0.717) is 39.0 Å². The van der Waals surface area contributed by atoms with Gasteiger partial charge < -0.3 is 34.2 Å². The van der Waals surface area contributed by atoms with Crippen molar-refractivity contribution in [2.75, 3.05) is 74.1 Å². The molecular weight excluding hydrogens is 895 g/mol. The van der Waals surface area contributed by atoms with Crippen molar-refractivity contribution in [3.63, 3.8) is 0 Å². The van der Waals surface area contributed by atoms with E-state index in [1.807, 2.05) is 89.2 Å². The molecule has 2 aliphatic heterocycles. The Labute approximate surface area is 418 Å². The van der Waals surface area contributed by atoms with E-state index >= 15 is 0 Å². The number of Topliss-reactive ketones (excluding diaryl/α,β-unsaturated/α-hetero) is 1. The maximum absolute atomic E-state index is 14.8. The molecule has 1 aromatic carbocycles. The van der Waals surface area contributed by atoms with Crippen molar-refractivity contribution in [1.82, 2.24) is 34.8 Å². The first kappa shape index (κ1) is 57.6. The highest BCUT2D eigenvalue weighted by Gasteiger charge is 2.44. The lowest BCUT2D eigenvalue weighted by Crippen LogP contribution is -2.55. The Morgan fingerprint density at radius 2 is 1.57 bits per heavy atom. The quantitative estimate of drug-likeness (QED) is 0.107. The van der Waals surface area contributed by atoms with Gasteiger partial charge in [-0.2, -0.15) is 0 Å². The highest BCUT2D eigenvalue weighted by Crippen LogP contribution is 2.32. The van der Waals surface area contributed by atoms with Crippen molar-refractivity contribution < 1.29 is 38.2 Å². The number of amides is 4. The van der Waals surface area contributed by atoms with Gasteiger partial charge in [-0.1, -0.05) is 85.2 Å². The third-order valence-electron chi connectivity index (χ3n) is 14.4. The Balaban J connectivity index is 1.42. The van der Waals surface area contributed by atoms with Crippen LogP contribution in [-0.4, -0.2) is 169 Å². The van der Waals surface area contributed by atoms with Crippen LogP contribution in [0.5, 0.6) is 0 Å². The molecule has 3 heterocycles. The Kier molecular flexibility index (Phi) is 22.6. The number of benzene rings is 1. The number of piperazine rings is 1. The topological polar surface area (TPSA) is 154 Å². The monoisotopic (exact) mass is 982 g/mol. The van der Waals surface area contributed by atoms with Crippen LogP contribution in [0.2, 0.25) is 0 Å². The number of carbonyl (C=O) groups is 5.